The average molecular weight is 226 g/mol. The van der Waals surface area contributed by atoms with Crippen LogP contribution in [0.5, 0.6) is 0 Å². The van der Waals surface area contributed by atoms with E-state index in [4.69, 9.17) is 0 Å². The summed E-state index contributed by atoms with van der Waals surface area (Å²) in [5.41, 5.74) is 4.59. The molecule has 0 heterocycles. The van der Waals surface area contributed by atoms with E-state index in [1.807, 2.05) is 0 Å². The molecule has 2 rings (SSSR count). The van der Waals surface area contributed by atoms with Gasteiger partial charge in [-0.25, -0.2) is 0 Å². The van der Waals surface area contributed by atoms with E-state index in [1.54, 1.807) is 5.57 Å². The Morgan fingerprint density at radius 2 is 1.82 bits per heavy atom. The predicted octanol–water partition coefficient (Wildman–Crippen LogP) is 4.92. The minimum absolute atomic E-state index is 0.781. The van der Waals surface area contributed by atoms with E-state index >= 15 is 0 Å². The van der Waals surface area contributed by atoms with Gasteiger partial charge in [-0.05, 0) is 37.2 Å². The highest BCUT2D eigenvalue weighted by molar-refractivity contribution is 5.33. The zero-order chi connectivity index (χ0) is 12.1. The summed E-state index contributed by atoms with van der Waals surface area (Å²) in [7, 11) is 0. The third kappa shape index (κ3) is 3.89. The molecule has 0 radical (unpaired) electrons. The van der Waals surface area contributed by atoms with Crippen LogP contribution in [0.15, 0.2) is 53.6 Å². The van der Waals surface area contributed by atoms with Crippen LogP contribution in [-0.4, -0.2) is 0 Å². The van der Waals surface area contributed by atoms with Crippen LogP contribution in [0.3, 0.4) is 0 Å². The summed E-state index contributed by atoms with van der Waals surface area (Å²) in [6, 6.07) is 10.8. The van der Waals surface area contributed by atoms with Gasteiger partial charge in [-0.15, -0.1) is 0 Å². The molecule has 0 bridgehead atoms. The van der Waals surface area contributed by atoms with Crippen molar-refractivity contribution in [1.29, 1.82) is 0 Å². The van der Waals surface area contributed by atoms with E-state index < -0.39 is 0 Å². The molecule has 1 aliphatic rings. The second kappa shape index (κ2) is 5.86. The summed E-state index contributed by atoms with van der Waals surface area (Å²) in [5, 5.41) is 0. The van der Waals surface area contributed by atoms with Crippen LogP contribution in [0, 0.1) is 5.92 Å². The summed E-state index contributed by atoms with van der Waals surface area (Å²) in [6.45, 7) is 4.59. The maximum atomic E-state index is 2.42. The van der Waals surface area contributed by atoms with Crippen molar-refractivity contribution in [2.24, 2.45) is 5.92 Å². The van der Waals surface area contributed by atoms with Crippen molar-refractivity contribution in [2.75, 3.05) is 0 Å². The van der Waals surface area contributed by atoms with Gasteiger partial charge in [-0.1, -0.05) is 67.5 Å². The first kappa shape index (κ1) is 12.2. The molecule has 90 valence electrons. The van der Waals surface area contributed by atoms with Crippen LogP contribution in [0.1, 0.15) is 38.7 Å². The number of benzene rings is 1. The van der Waals surface area contributed by atoms with Gasteiger partial charge in [-0.2, -0.15) is 0 Å². The molecule has 0 unspecified atom stereocenters. The van der Waals surface area contributed by atoms with Crippen molar-refractivity contribution < 1.29 is 0 Å². The second-order valence-corrected chi connectivity index (χ2v) is 5.37. The topological polar surface area (TPSA) is 0 Å². The van der Waals surface area contributed by atoms with Crippen LogP contribution < -0.4 is 0 Å². The van der Waals surface area contributed by atoms with Gasteiger partial charge in [0.15, 0.2) is 0 Å². The van der Waals surface area contributed by atoms with E-state index in [-0.39, 0.29) is 0 Å². The summed E-state index contributed by atoms with van der Waals surface area (Å²) < 4.78 is 0. The molecule has 0 aliphatic heterocycles. The lowest BCUT2D eigenvalue weighted by molar-refractivity contribution is 0.637. The third-order valence-electron chi connectivity index (χ3n) is 3.23. The Bertz CT molecular complexity index is 407. The van der Waals surface area contributed by atoms with Crippen molar-refractivity contribution in [3.63, 3.8) is 0 Å². The lowest BCUT2D eigenvalue weighted by Gasteiger charge is -2.04. The molecule has 1 aromatic rings. The number of rotatable bonds is 5. The number of hydrogen-bond donors (Lipinski definition) is 0. The Morgan fingerprint density at radius 3 is 2.53 bits per heavy atom. The van der Waals surface area contributed by atoms with E-state index in [0.717, 1.165) is 12.3 Å². The van der Waals surface area contributed by atoms with Gasteiger partial charge in [0, 0.05) is 0 Å². The van der Waals surface area contributed by atoms with Gasteiger partial charge < -0.3 is 0 Å². The van der Waals surface area contributed by atoms with Crippen LogP contribution >= 0.6 is 0 Å². The first-order chi connectivity index (χ1) is 8.24. The van der Waals surface area contributed by atoms with Gasteiger partial charge >= 0.3 is 0 Å². The summed E-state index contributed by atoms with van der Waals surface area (Å²) >= 11 is 0. The molecule has 0 N–H and O–H groups in total. The maximum Gasteiger partial charge on any atom is -0.0130 e. The SMILES string of the molecule is CC(C)CC1=CC(CCc2ccccc2)=CC1. The Labute approximate surface area is 105 Å². The fourth-order valence-corrected chi connectivity index (χ4v) is 2.42. The molecule has 0 nitrogen and oxygen atoms in total. The molecule has 0 fully saturated rings. The van der Waals surface area contributed by atoms with Crippen molar-refractivity contribution in [3.05, 3.63) is 59.2 Å². The van der Waals surface area contributed by atoms with Crippen molar-refractivity contribution in [1.82, 2.24) is 0 Å². The van der Waals surface area contributed by atoms with Crippen LogP contribution in [0.25, 0.3) is 0 Å². The standard InChI is InChI=1S/C17H22/c1-14(2)12-17-11-10-16(13-17)9-8-15-6-4-3-5-7-15/h3-7,10,13-14H,8-9,11-12H2,1-2H3. The number of allylic oxidation sites excluding steroid dienone is 4. The molecular formula is C17H22. The van der Waals surface area contributed by atoms with E-state index in [0.29, 0.717) is 0 Å². The molecule has 1 aliphatic carbocycles. The largest absolute Gasteiger partial charge is 0.0772 e. The van der Waals surface area contributed by atoms with Gasteiger partial charge in [0.1, 0.15) is 0 Å². The highest BCUT2D eigenvalue weighted by Crippen LogP contribution is 2.26. The Balaban J connectivity index is 1.83. The van der Waals surface area contributed by atoms with E-state index in [2.05, 4.69) is 56.3 Å². The molecule has 17 heavy (non-hydrogen) atoms. The maximum absolute atomic E-state index is 2.42. The highest BCUT2D eigenvalue weighted by Gasteiger charge is 2.08. The molecule has 0 saturated carbocycles. The lowest BCUT2D eigenvalue weighted by Crippen LogP contribution is -1.89. The third-order valence-corrected chi connectivity index (χ3v) is 3.23. The summed E-state index contributed by atoms with van der Waals surface area (Å²) in [4.78, 5) is 0. The quantitative estimate of drug-likeness (QED) is 0.668. The fraction of sp³-hybridized carbons (Fsp3) is 0.412. The number of hydrogen-bond acceptors (Lipinski definition) is 0. The molecule has 0 atom stereocenters. The molecule has 0 heteroatoms. The molecule has 0 aromatic heterocycles. The Hall–Kier alpha value is -1.30. The minimum Gasteiger partial charge on any atom is -0.0772 e. The molecule has 0 spiro atoms. The second-order valence-electron chi connectivity index (χ2n) is 5.37. The first-order valence-corrected chi connectivity index (χ1v) is 6.66. The zero-order valence-electron chi connectivity index (χ0n) is 10.9. The van der Waals surface area contributed by atoms with E-state index in [9.17, 15) is 0 Å². The number of aryl methyl sites for hydroxylation is 1. The average Bonchev–Trinajstić information content (AvgIpc) is 2.75. The Morgan fingerprint density at radius 1 is 1.06 bits per heavy atom. The van der Waals surface area contributed by atoms with Gasteiger partial charge in [0.05, 0.1) is 0 Å². The van der Waals surface area contributed by atoms with Gasteiger partial charge in [-0.3, -0.25) is 0 Å². The molecule has 1 aromatic carbocycles. The van der Waals surface area contributed by atoms with Gasteiger partial charge in [0.25, 0.3) is 0 Å². The van der Waals surface area contributed by atoms with Gasteiger partial charge in [0.2, 0.25) is 0 Å². The fourth-order valence-electron chi connectivity index (χ4n) is 2.42. The molecule has 0 amide bonds. The Kier molecular flexibility index (Phi) is 4.19. The predicted molar refractivity (Wildman–Crippen MR) is 75.0 cm³/mol. The monoisotopic (exact) mass is 226 g/mol. The lowest BCUT2D eigenvalue weighted by atomic mass is 10.0. The van der Waals surface area contributed by atoms with Crippen LogP contribution in [0.4, 0.5) is 0 Å². The summed E-state index contributed by atoms with van der Waals surface area (Å²) in [6.07, 6.45) is 9.61. The smallest absolute Gasteiger partial charge is 0.0130 e. The molecule has 0 saturated heterocycles. The van der Waals surface area contributed by atoms with Crippen molar-refractivity contribution in [3.8, 4) is 0 Å². The zero-order valence-corrected chi connectivity index (χ0v) is 10.9. The highest BCUT2D eigenvalue weighted by atomic mass is 14.1. The first-order valence-electron chi connectivity index (χ1n) is 6.66. The van der Waals surface area contributed by atoms with Crippen LogP contribution in [0.2, 0.25) is 0 Å². The van der Waals surface area contributed by atoms with Crippen LogP contribution in [-0.2, 0) is 6.42 Å². The molecular weight excluding hydrogens is 204 g/mol. The van der Waals surface area contributed by atoms with E-state index in [1.165, 1.54) is 30.4 Å². The summed E-state index contributed by atoms with van der Waals surface area (Å²) in [5.74, 6) is 0.781. The van der Waals surface area contributed by atoms with Crippen molar-refractivity contribution in [2.45, 2.75) is 39.5 Å². The minimum atomic E-state index is 0.781. The van der Waals surface area contributed by atoms with Crippen molar-refractivity contribution >= 4 is 0 Å². The normalized spacial score (nSPS) is 15.0.